The van der Waals surface area contributed by atoms with Gasteiger partial charge in [0.1, 0.15) is 11.9 Å². The van der Waals surface area contributed by atoms with Gasteiger partial charge in [0.05, 0.1) is 6.10 Å². The predicted molar refractivity (Wildman–Crippen MR) is 78.1 cm³/mol. The van der Waals surface area contributed by atoms with Crippen molar-refractivity contribution in [3.8, 4) is 5.75 Å². The molecule has 0 saturated heterocycles. The van der Waals surface area contributed by atoms with E-state index in [9.17, 15) is 5.11 Å². The van der Waals surface area contributed by atoms with E-state index in [2.05, 4.69) is 19.1 Å². The van der Waals surface area contributed by atoms with Crippen LogP contribution in [0.1, 0.15) is 40.9 Å². The van der Waals surface area contributed by atoms with Gasteiger partial charge in [-0.05, 0) is 36.8 Å². The zero-order chi connectivity index (χ0) is 13.4. The standard InChI is InChI=1S/C15H15ClO2S/c1-2-10-4-6-15(19-10)14-8-12(17)11-7-9(16)3-5-13(11)18-14/h3-7,12,14,17H,2,8H2,1H3/t12-,14?/m0/s1. The molecule has 19 heavy (non-hydrogen) atoms. The number of aliphatic hydroxyl groups excluding tert-OH is 1. The Balaban J connectivity index is 1.90. The number of fused-ring (bicyclic) bond motifs is 1. The van der Waals surface area contributed by atoms with Crippen LogP contribution in [0.2, 0.25) is 5.02 Å². The fourth-order valence-electron chi connectivity index (χ4n) is 2.35. The fraction of sp³-hybridized carbons (Fsp3) is 0.333. The molecule has 0 amide bonds. The molecule has 1 aromatic carbocycles. The van der Waals surface area contributed by atoms with Crippen molar-refractivity contribution >= 4 is 22.9 Å². The molecule has 0 fully saturated rings. The van der Waals surface area contributed by atoms with E-state index in [1.807, 2.05) is 6.07 Å². The van der Waals surface area contributed by atoms with E-state index in [1.165, 1.54) is 9.75 Å². The third-order valence-corrected chi connectivity index (χ3v) is 4.94. The minimum Gasteiger partial charge on any atom is -0.484 e. The van der Waals surface area contributed by atoms with Crippen molar-refractivity contribution in [2.45, 2.75) is 32.0 Å². The molecule has 0 saturated carbocycles. The molecule has 1 unspecified atom stereocenters. The first-order valence-corrected chi connectivity index (χ1v) is 7.59. The molecule has 1 aliphatic rings. The number of hydrogen-bond donors (Lipinski definition) is 1. The molecule has 4 heteroatoms. The van der Waals surface area contributed by atoms with Crippen LogP contribution in [0.15, 0.2) is 30.3 Å². The van der Waals surface area contributed by atoms with Crippen LogP contribution in [0.4, 0.5) is 0 Å². The van der Waals surface area contributed by atoms with Crippen molar-refractivity contribution in [1.82, 2.24) is 0 Å². The summed E-state index contributed by atoms with van der Waals surface area (Å²) in [4.78, 5) is 2.52. The molecule has 0 bridgehead atoms. The summed E-state index contributed by atoms with van der Waals surface area (Å²) in [5, 5.41) is 10.9. The average Bonchev–Trinajstić information content (AvgIpc) is 2.88. The Morgan fingerprint density at radius 3 is 2.95 bits per heavy atom. The lowest BCUT2D eigenvalue weighted by molar-refractivity contribution is 0.0674. The SMILES string of the molecule is CCc1ccc(C2C[C@H](O)c3cc(Cl)ccc3O2)s1. The van der Waals surface area contributed by atoms with Crippen LogP contribution in [-0.2, 0) is 6.42 Å². The summed E-state index contributed by atoms with van der Waals surface area (Å²) in [5.74, 6) is 0.736. The number of aryl methyl sites for hydroxylation is 1. The largest absolute Gasteiger partial charge is 0.484 e. The van der Waals surface area contributed by atoms with Gasteiger partial charge in [-0.25, -0.2) is 0 Å². The Morgan fingerprint density at radius 2 is 2.21 bits per heavy atom. The lowest BCUT2D eigenvalue weighted by Crippen LogP contribution is -2.18. The van der Waals surface area contributed by atoms with Crippen LogP contribution >= 0.6 is 22.9 Å². The van der Waals surface area contributed by atoms with Crippen LogP contribution in [-0.4, -0.2) is 5.11 Å². The third-order valence-electron chi connectivity index (χ3n) is 3.39. The maximum absolute atomic E-state index is 10.2. The van der Waals surface area contributed by atoms with Gasteiger partial charge in [0, 0.05) is 26.8 Å². The van der Waals surface area contributed by atoms with Gasteiger partial charge in [-0.3, -0.25) is 0 Å². The highest BCUT2D eigenvalue weighted by atomic mass is 35.5. The molecular formula is C15H15ClO2S. The average molecular weight is 295 g/mol. The number of halogens is 1. The van der Waals surface area contributed by atoms with Crippen molar-refractivity contribution in [1.29, 1.82) is 0 Å². The third kappa shape index (κ3) is 2.50. The van der Waals surface area contributed by atoms with E-state index < -0.39 is 6.10 Å². The van der Waals surface area contributed by atoms with Crippen molar-refractivity contribution in [3.63, 3.8) is 0 Å². The Hall–Kier alpha value is -1.03. The first-order valence-electron chi connectivity index (χ1n) is 6.40. The van der Waals surface area contributed by atoms with Crippen LogP contribution < -0.4 is 4.74 Å². The highest BCUT2D eigenvalue weighted by Gasteiger charge is 2.29. The van der Waals surface area contributed by atoms with Crippen molar-refractivity contribution in [2.75, 3.05) is 0 Å². The molecule has 1 aromatic heterocycles. The fourth-order valence-corrected chi connectivity index (χ4v) is 3.53. The smallest absolute Gasteiger partial charge is 0.136 e. The summed E-state index contributed by atoms with van der Waals surface area (Å²) in [7, 11) is 0. The molecule has 2 aromatic rings. The zero-order valence-corrected chi connectivity index (χ0v) is 12.2. The first-order chi connectivity index (χ1) is 9.17. The van der Waals surface area contributed by atoms with E-state index in [1.54, 1.807) is 23.5 Å². The monoisotopic (exact) mass is 294 g/mol. The van der Waals surface area contributed by atoms with Crippen LogP contribution in [0.3, 0.4) is 0 Å². The van der Waals surface area contributed by atoms with E-state index in [-0.39, 0.29) is 6.10 Å². The van der Waals surface area contributed by atoms with Crippen molar-refractivity contribution in [2.24, 2.45) is 0 Å². The summed E-state index contributed by atoms with van der Waals surface area (Å²) in [6.07, 6.45) is 1.04. The number of hydrogen-bond acceptors (Lipinski definition) is 3. The molecule has 0 radical (unpaired) electrons. The quantitative estimate of drug-likeness (QED) is 0.882. The summed E-state index contributed by atoms with van der Waals surface area (Å²) >= 11 is 7.71. The second-order valence-electron chi connectivity index (χ2n) is 4.70. The van der Waals surface area contributed by atoms with Gasteiger partial charge in [-0.15, -0.1) is 11.3 Å². The second kappa shape index (κ2) is 5.16. The summed E-state index contributed by atoms with van der Waals surface area (Å²) in [5.41, 5.74) is 0.788. The van der Waals surface area contributed by atoms with E-state index in [4.69, 9.17) is 16.3 Å². The van der Waals surface area contributed by atoms with Crippen LogP contribution in [0.5, 0.6) is 5.75 Å². The number of ether oxygens (including phenoxy) is 1. The number of benzene rings is 1. The first kappa shape index (κ1) is 13.0. The maximum atomic E-state index is 10.2. The molecule has 3 rings (SSSR count). The molecule has 2 nitrogen and oxygen atoms in total. The van der Waals surface area contributed by atoms with Gasteiger partial charge in [0.15, 0.2) is 0 Å². The second-order valence-corrected chi connectivity index (χ2v) is 6.33. The molecule has 0 spiro atoms. The Labute approximate surface area is 121 Å². The minimum atomic E-state index is -0.514. The van der Waals surface area contributed by atoms with Crippen LogP contribution in [0, 0.1) is 0 Å². The normalized spacial score (nSPS) is 21.8. The Bertz CT molecular complexity index is 594. The van der Waals surface area contributed by atoms with Gasteiger partial charge in [-0.1, -0.05) is 18.5 Å². The van der Waals surface area contributed by atoms with E-state index >= 15 is 0 Å². The van der Waals surface area contributed by atoms with Crippen LogP contribution in [0.25, 0.3) is 0 Å². The van der Waals surface area contributed by atoms with E-state index in [0.29, 0.717) is 11.4 Å². The van der Waals surface area contributed by atoms with Gasteiger partial charge < -0.3 is 9.84 Å². The lowest BCUT2D eigenvalue weighted by Gasteiger charge is -2.29. The molecule has 2 atom stereocenters. The predicted octanol–water partition coefficient (Wildman–Crippen LogP) is 4.52. The van der Waals surface area contributed by atoms with Gasteiger partial charge >= 0.3 is 0 Å². The molecule has 100 valence electrons. The highest BCUT2D eigenvalue weighted by Crippen LogP contribution is 2.43. The summed E-state index contributed by atoms with van der Waals surface area (Å²) in [6, 6.07) is 9.64. The number of rotatable bonds is 2. The maximum Gasteiger partial charge on any atom is 0.136 e. The number of thiophene rings is 1. The van der Waals surface area contributed by atoms with Gasteiger partial charge in [0.25, 0.3) is 0 Å². The molecular weight excluding hydrogens is 280 g/mol. The summed E-state index contributed by atoms with van der Waals surface area (Å²) < 4.78 is 5.99. The topological polar surface area (TPSA) is 29.5 Å². The lowest BCUT2D eigenvalue weighted by atomic mass is 9.98. The molecule has 2 heterocycles. The highest BCUT2D eigenvalue weighted by molar-refractivity contribution is 7.12. The zero-order valence-electron chi connectivity index (χ0n) is 10.6. The van der Waals surface area contributed by atoms with Crippen molar-refractivity contribution < 1.29 is 9.84 Å². The summed E-state index contributed by atoms with van der Waals surface area (Å²) in [6.45, 7) is 2.14. The minimum absolute atomic E-state index is 0.0611. The van der Waals surface area contributed by atoms with E-state index in [0.717, 1.165) is 17.7 Å². The Morgan fingerprint density at radius 1 is 1.37 bits per heavy atom. The number of aliphatic hydroxyl groups is 1. The molecule has 0 aliphatic carbocycles. The molecule has 1 N–H and O–H groups in total. The van der Waals surface area contributed by atoms with Gasteiger partial charge in [0.2, 0.25) is 0 Å². The van der Waals surface area contributed by atoms with Gasteiger partial charge in [-0.2, -0.15) is 0 Å². The Kier molecular flexibility index (Phi) is 3.52. The molecule has 1 aliphatic heterocycles. The van der Waals surface area contributed by atoms with Crippen molar-refractivity contribution in [3.05, 3.63) is 50.7 Å².